The molecule has 4 heteroatoms. The summed E-state index contributed by atoms with van der Waals surface area (Å²) >= 11 is 0. The van der Waals surface area contributed by atoms with Crippen LogP contribution < -0.4 is 0 Å². The molecule has 0 spiro atoms. The Labute approximate surface area is 122 Å². The molecule has 3 nitrogen and oxygen atoms in total. The first-order chi connectivity index (χ1) is 9.49. The molecule has 0 fully saturated rings. The molecule has 1 aliphatic rings. The number of fused-ring (bicyclic) bond motifs is 1. The van der Waals surface area contributed by atoms with E-state index in [2.05, 4.69) is 36.1 Å². The van der Waals surface area contributed by atoms with E-state index >= 15 is 0 Å². The Hall–Kier alpha value is -0.870. The smallest absolute Gasteiger partial charge is 0.148 e. The third-order valence-corrected chi connectivity index (χ3v) is 5.02. The predicted molar refractivity (Wildman–Crippen MR) is 83.8 cm³/mol. The van der Waals surface area contributed by atoms with Gasteiger partial charge in [0.1, 0.15) is 9.84 Å². The van der Waals surface area contributed by atoms with E-state index in [1.807, 2.05) is 0 Å². The van der Waals surface area contributed by atoms with E-state index in [-0.39, 0.29) is 5.75 Å². The molecule has 0 amide bonds. The molecule has 1 aromatic carbocycles. The van der Waals surface area contributed by atoms with Crippen LogP contribution in [0.2, 0.25) is 0 Å². The molecule has 0 saturated heterocycles. The molecule has 2 rings (SSSR count). The van der Waals surface area contributed by atoms with Gasteiger partial charge in [-0.1, -0.05) is 31.2 Å². The van der Waals surface area contributed by atoms with Crippen molar-refractivity contribution in [1.82, 2.24) is 4.90 Å². The zero-order valence-electron chi connectivity index (χ0n) is 12.5. The predicted octanol–water partition coefficient (Wildman–Crippen LogP) is 2.30. The highest BCUT2D eigenvalue weighted by molar-refractivity contribution is 7.90. The molecule has 0 bridgehead atoms. The fourth-order valence-electron chi connectivity index (χ4n) is 3.04. The van der Waals surface area contributed by atoms with Crippen LogP contribution in [-0.2, 0) is 22.7 Å². The maximum Gasteiger partial charge on any atom is 0.148 e. The monoisotopic (exact) mass is 295 g/mol. The lowest BCUT2D eigenvalue weighted by Gasteiger charge is -2.35. The summed E-state index contributed by atoms with van der Waals surface area (Å²) in [6.07, 6.45) is 5.70. The van der Waals surface area contributed by atoms with E-state index in [1.54, 1.807) is 0 Å². The van der Waals surface area contributed by atoms with Gasteiger partial charge in [0.25, 0.3) is 0 Å². The molecule has 0 N–H and O–H groups in total. The fourth-order valence-corrected chi connectivity index (χ4v) is 3.60. The van der Waals surface area contributed by atoms with Crippen molar-refractivity contribution in [2.24, 2.45) is 0 Å². The van der Waals surface area contributed by atoms with Gasteiger partial charge < -0.3 is 0 Å². The van der Waals surface area contributed by atoms with Crippen molar-refractivity contribution in [3.05, 3.63) is 35.4 Å². The lowest BCUT2D eigenvalue weighted by atomic mass is 9.87. The van der Waals surface area contributed by atoms with Crippen molar-refractivity contribution in [3.63, 3.8) is 0 Å². The van der Waals surface area contributed by atoms with E-state index in [1.165, 1.54) is 17.4 Å². The van der Waals surface area contributed by atoms with Crippen molar-refractivity contribution in [2.45, 2.75) is 38.6 Å². The maximum atomic E-state index is 11.4. The van der Waals surface area contributed by atoms with Crippen LogP contribution in [0.15, 0.2) is 24.3 Å². The van der Waals surface area contributed by atoms with E-state index in [9.17, 15) is 8.42 Å². The van der Waals surface area contributed by atoms with Crippen molar-refractivity contribution in [2.75, 3.05) is 25.1 Å². The molecule has 1 aromatic rings. The van der Waals surface area contributed by atoms with Crippen molar-refractivity contribution < 1.29 is 8.42 Å². The molecular weight excluding hydrogens is 270 g/mol. The lowest BCUT2D eigenvalue weighted by Crippen LogP contribution is -2.42. The SMILES string of the molecule is CCCN(CCS(C)(=O)=O)[C@@H]1CCc2ccccc2C1. The standard InChI is InChI=1S/C16H25NO2S/c1-3-10-17(11-12-20(2,18)19)16-9-8-14-6-4-5-7-15(14)13-16/h4-7,16H,3,8-13H2,1-2H3/t16-/m1/s1. The number of nitrogens with zero attached hydrogens (tertiary/aromatic N) is 1. The molecule has 0 aromatic heterocycles. The van der Waals surface area contributed by atoms with Gasteiger partial charge in [-0.3, -0.25) is 4.90 Å². The third kappa shape index (κ3) is 4.32. The number of aryl methyl sites for hydroxylation is 1. The second-order valence-electron chi connectivity index (χ2n) is 5.83. The van der Waals surface area contributed by atoms with Gasteiger partial charge in [-0.25, -0.2) is 8.42 Å². The van der Waals surface area contributed by atoms with Gasteiger partial charge in [0.05, 0.1) is 5.75 Å². The van der Waals surface area contributed by atoms with Gasteiger partial charge >= 0.3 is 0 Å². The van der Waals surface area contributed by atoms with Gasteiger partial charge in [-0.15, -0.1) is 0 Å². The summed E-state index contributed by atoms with van der Waals surface area (Å²) in [5.74, 6) is 0.269. The minimum atomic E-state index is -2.88. The highest BCUT2D eigenvalue weighted by atomic mass is 32.2. The van der Waals surface area contributed by atoms with Gasteiger partial charge in [0.15, 0.2) is 0 Å². The van der Waals surface area contributed by atoms with Gasteiger partial charge in [0, 0.05) is 18.8 Å². The summed E-state index contributed by atoms with van der Waals surface area (Å²) in [4.78, 5) is 2.37. The highest BCUT2D eigenvalue weighted by Gasteiger charge is 2.24. The summed E-state index contributed by atoms with van der Waals surface area (Å²) < 4.78 is 22.8. The number of hydrogen-bond acceptors (Lipinski definition) is 3. The summed E-state index contributed by atoms with van der Waals surface area (Å²) in [6, 6.07) is 9.12. The molecule has 0 saturated carbocycles. The second-order valence-corrected chi connectivity index (χ2v) is 8.09. The van der Waals surface area contributed by atoms with Gasteiger partial charge in [-0.05, 0) is 43.4 Å². The Morgan fingerprint density at radius 2 is 1.90 bits per heavy atom. The van der Waals surface area contributed by atoms with E-state index in [4.69, 9.17) is 0 Å². The molecule has 20 heavy (non-hydrogen) atoms. The maximum absolute atomic E-state index is 11.4. The normalized spacial score (nSPS) is 19.1. The number of rotatable bonds is 6. The van der Waals surface area contributed by atoms with Crippen LogP contribution in [0.5, 0.6) is 0 Å². The Balaban J connectivity index is 2.04. The van der Waals surface area contributed by atoms with Gasteiger partial charge in [0.2, 0.25) is 0 Å². The summed E-state index contributed by atoms with van der Waals surface area (Å²) in [5, 5.41) is 0. The third-order valence-electron chi connectivity index (χ3n) is 4.10. The Bertz CT molecular complexity index is 539. The van der Waals surface area contributed by atoms with Gasteiger partial charge in [-0.2, -0.15) is 0 Å². The molecule has 1 aliphatic carbocycles. The highest BCUT2D eigenvalue weighted by Crippen LogP contribution is 2.24. The number of hydrogen-bond donors (Lipinski definition) is 0. The molecule has 0 aliphatic heterocycles. The molecule has 112 valence electrons. The zero-order chi connectivity index (χ0) is 14.6. The van der Waals surface area contributed by atoms with E-state index in [0.717, 1.165) is 32.2 Å². The molecular formula is C16H25NO2S. The Morgan fingerprint density at radius 1 is 1.20 bits per heavy atom. The van der Waals surface area contributed by atoms with Crippen molar-refractivity contribution in [3.8, 4) is 0 Å². The Kier molecular flexibility index (Phi) is 5.22. The minimum Gasteiger partial charge on any atom is -0.299 e. The first kappa shape index (κ1) is 15.5. The van der Waals surface area contributed by atoms with E-state index in [0.29, 0.717) is 12.6 Å². The van der Waals surface area contributed by atoms with Crippen LogP contribution >= 0.6 is 0 Å². The summed E-state index contributed by atoms with van der Waals surface area (Å²) in [5.41, 5.74) is 2.90. The average Bonchev–Trinajstić information content (AvgIpc) is 2.42. The lowest BCUT2D eigenvalue weighted by molar-refractivity contribution is 0.190. The van der Waals surface area contributed by atoms with Crippen molar-refractivity contribution >= 4 is 9.84 Å². The van der Waals surface area contributed by atoms with Crippen LogP contribution in [0, 0.1) is 0 Å². The zero-order valence-corrected chi connectivity index (χ0v) is 13.3. The molecule has 0 heterocycles. The summed E-state index contributed by atoms with van der Waals surface area (Å²) in [6.45, 7) is 3.81. The first-order valence-corrected chi connectivity index (χ1v) is 9.54. The van der Waals surface area contributed by atoms with Crippen LogP contribution in [0.4, 0.5) is 0 Å². The number of benzene rings is 1. The topological polar surface area (TPSA) is 37.4 Å². The van der Waals surface area contributed by atoms with Crippen LogP contribution in [0.1, 0.15) is 30.9 Å². The second kappa shape index (κ2) is 6.72. The fraction of sp³-hybridized carbons (Fsp3) is 0.625. The van der Waals surface area contributed by atoms with Crippen LogP contribution in [0.25, 0.3) is 0 Å². The van der Waals surface area contributed by atoms with Crippen molar-refractivity contribution in [1.29, 1.82) is 0 Å². The largest absolute Gasteiger partial charge is 0.299 e. The number of sulfone groups is 1. The van der Waals surface area contributed by atoms with Crippen LogP contribution in [0.3, 0.4) is 0 Å². The molecule has 1 atom stereocenters. The Morgan fingerprint density at radius 3 is 2.55 bits per heavy atom. The molecule has 0 unspecified atom stereocenters. The molecule has 0 radical (unpaired) electrons. The summed E-state index contributed by atoms with van der Waals surface area (Å²) in [7, 11) is -2.88. The van der Waals surface area contributed by atoms with Crippen LogP contribution in [-0.4, -0.2) is 44.5 Å². The quantitative estimate of drug-likeness (QED) is 0.808. The van der Waals surface area contributed by atoms with E-state index < -0.39 is 9.84 Å². The average molecular weight is 295 g/mol. The first-order valence-electron chi connectivity index (χ1n) is 7.48. The minimum absolute atomic E-state index is 0.269.